The van der Waals surface area contributed by atoms with Gasteiger partial charge in [-0.25, -0.2) is 0 Å². The van der Waals surface area contributed by atoms with Crippen molar-refractivity contribution in [1.29, 1.82) is 0 Å². The molecule has 2 aliphatic rings. The van der Waals surface area contributed by atoms with Crippen LogP contribution in [0.1, 0.15) is 62.2 Å². The van der Waals surface area contributed by atoms with Crippen molar-refractivity contribution >= 4 is 0 Å². The van der Waals surface area contributed by atoms with Crippen LogP contribution in [-0.4, -0.2) is 18.7 Å². The maximum atomic E-state index is 6.57. The van der Waals surface area contributed by atoms with Crippen molar-refractivity contribution in [3.05, 3.63) is 23.2 Å². The average Bonchev–Trinajstić information content (AvgIpc) is 2.79. The molecule has 0 aromatic carbocycles. The molecule has 0 bridgehead atoms. The number of hydrogen-bond donors (Lipinski definition) is 1. The van der Waals surface area contributed by atoms with Crippen molar-refractivity contribution in [3.63, 3.8) is 0 Å². The third-order valence-electron chi connectivity index (χ3n) is 5.19. The quantitative estimate of drug-likeness (QED) is 0.890. The lowest BCUT2D eigenvalue weighted by atomic mass is 9.77. The van der Waals surface area contributed by atoms with Gasteiger partial charge >= 0.3 is 0 Å². The summed E-state index contributed by atoms with van der Waals surface area (Å²) in [5, 5.41) is 3.60. The number of hydrogen-bond acceptors (Lipinski definition) is 3. The minimum absolute atomic E-state index is 0.0617. The molecular weight excluding hydrogens is 250 g/mol. The zero-order chi connectivity index (χ0) is 14.2. The summed E-state index contributed by atoms with van der Waals surface area (Å²) >= 11 is 0. The van der Waals surface area contributed by atoms with E-state index in [0.29, 0.717) is 0 Å². The van der Waals surface area contributed by atoms with E-state index in [0.717, 1.165) is 30.5 Å². The van der Waals surface area contributed by atoms with E-state index >= 15 is 0 Å². The van der Waals surface area contributed by atoms with Crippen LogP contribution < -0.4 is 5.32 Å². The van der Waals surface area contributed by atoms with Gasteiger partial charge in [-0.3, -0.25) is 0 Å². The molecule has 3 nitrogen and oxygen atoms in total. The van der Waals surface area contributed by atoms with Gasteiger partial charge in [0.15, 0.2) is 0 Å². The van der Waals surface area contributed by atoms with Crippen molar-refractivity contribution < 1.29 is 9.15 Å². The zero-order valence-electron chi connectivity index (χ0n) is 13.0. The summed E-state index contributed by atoms with van der Waals surface area (Å²) in [5.74, 6) is 2.89. The average molecular weight is 277 g/mol. The minimum Gasteiger partial charge on any atom is -0.466 e. The molecule has 1 aromatic heterocycles. The van der Waals surface area contributed by atoms with Crippen LogP contribution in [0.2, 0.25) is 0 Å². The summed E-state index contributed by atoms with van der Waals surface area (Å²) in [4.78, 5) is 0. The third-order valence-corrected chi connectivity index (χ3v) is 5.19. The Morgan fingerprint density at radius 1 is 1.30 bits per heavy atom. The van der Waals surface area contributed by atoms with Crippen LogP contribution in [0.15, 0.2) is 10.5 Å². The van der Waals surface area contributed by atoms with Crippen LogP contribution in [0.5, 0.6) is 0 Å². The van der Waals surface area contributed by atoms with Crippen molar-refractivity contribution in [2.24, 2.45) is 5.92 Å². The summed E-state index contributed by atoms with van der Waals surface area (Å²) in [6.07, 6.45) is 6.49. The van der Waals surface area contributed by atoms with Gasteiger partial charge in [0.1, 0.15) is 11.5 Å². The Bertz CT molecular complexity index is 458. The molecular formula is C17H27NO2. The monoisotopic (exact) mass is 277 g/mol. The largest absolute Gasteiger partial charge is 0.466 e. The Labute approximate surface area is 122 Å². The van der Waals surface area contributed by atoms with Crippen molar-refractivity contribution in [1.82, 2.24) is 5.32 Å². The molecule has 1 aliphatic carbocycles. The maximum absolute atomic E-state index is 6.57. The fraction of sp³-hybridized carbons (Fsp3) is 0.765. The van der Waals surface area contributed by atoms with Gasteiger partial charge in [-0.05, 0) is 51.5 Å². The molecule has 2 fully saturated rings. The Kier molecular flexibility index (Phi) is 3.91. The van der Waals surface area contributed by atoms with Crippen molar-refractivity contribution in [2.45, 2.75) is 64.6 Å². The molecule has 1 atom stereocenters. The molecule has 1 spiro atoms. The number of furan rings is 1. The highest BCUT2D eigenvalue weighted by Gasteiger charge is 2.41. The van der Waals surface area contributed by atoms with E-state index in [1.807, 2.05) is 13.8 Å². The molecule has 20 heavy (non-hydrogen) atoms. The molecule has 0 radical (unpaired) electrons. The first-order valence-corrected chi connectivity index (χ1v) is 8.07. The second kappa shape index (κ2) is 5.53. The SMILES string of the molecule is CCC1CCC2(CC1)CNCC(c1cc(C)oc1C)O2. The molecule has 1 aromatic rings. The highest BCUT2D eigenvalue weighted by atomic mass is 16.5. The molecule has 1 saturated heterocycles. The Hall–Kier alpha value is -0.800. The lowest BCUT2D eigenvalue weighted by molar-refractivity contribution is -0.141. The van der Waals surface area contributed by atoms with Crippen molar-refractivity contribution in [2.75, 3.05) is 13.1 Å². The lowest BCUT2D eigenvalue weighted by Crippen LogP contribution is -2.52. The first-order valence-electron chi connectivity index (χ1n) is 8.07. The zero-order valence-corrected chi connectivity index (χ0v) is 13.0. The molecule has 1 N–H and O–H groups in total. The van der Waals surface area contributed by atoms with Crippen LogP contribution in [0, 0.1) is 19.8 Å². The molecule has 3 rings (SSSR count). The van der Waals surface area contributed by atoms with Crippen LogP contribution in [0.3, 0.4) is 0 Å². The van der Waals surface area contributed by atoms with Gasteiger partial charge < -0.3 is 14.5 Å². The summed E-state index contributed by atoms with van der Waals surface area (Å²) in [5.41, 5.74) is 1.29. The second-order valence-corrected chi connectivity index (χ2v) is 6.64. The van der Waals surface area contributed by atoms with Crippen LogP contribution >= 0.6 is 0 Å². The van der Waals surface area contributed by atoms with Crippen LogP contribution in [0.25, 0.3) is 0 Å². The fourth-order valence-electron chi connectivity index (χ4n) is 3.87. The normalized spacial score (nSPS) is 34.5. The maximum Gasteiger partial charge on any atom is 0.106 e. The topological polar surface area (TPSA) is 34.4 Å². The molecule has 3 heteroatoms. The van der Waals surface area contributed by atoms with Crippen LogP contribution in [-0.2, 0) is 4.74 Å². The highest BCUT2D eigenvalue weighted by molar-refractivity contribution is 5.24. The smallest absolute Gasteiger partial charge is 0.106 e. The first kappa shape index (κ1) is 14.2. The molecule has 112 valence electrons. The standard InChI is InChI=1S/C17H27NO2/c1-4-14-5-7-17(8-6-14)11-18-10-16(20-17)15-9-12(2)19-13(15)3/h9,14,16,18H,4-8,10-11H2,1-3H3. The molecule has 1 saturated carbocycles. The predicted octanol–water partition coefficient (Wildman–Crippen LogP) is 3.90. The fourth-order valence-corrected chi connectivity index (χ4v) is 3.87. The summed E-state index contributed by atoms with van der Waals surface area (Å²) < 4.78 is 12.2. The van der Waals surface area contributed by atoms with E-state index < -0.39 is 0 Å². The van der Waals surface area contributed by atoms with Gasteiger partial charge in [0.2, 0.25) is 0 Å². The van der Waals surface area contributed by atoms with Gasteiger partial charge in [-0.15, -0.1) is 0 Å². The molecule has 1 unspecified atom stereocenters. The minimum atomic E-state index is 0.0617. The number of morpholine rings is 1. The molecule has 0 amide bonds. The Morgan fingerprint density at radius 2 is 2.05 bits per heavy atom. The first-order chi connectivity index (χ1) is 9.62. The van der Waals surface area contributed by atoms with Gasteiger partial charge in [-0.1, -0.05) is 13.3 Å². The van der Waals surface area contributed by atoms with E-state index in [2.05, 4.69) is 18.3 Å². The van der Waals surface area contributed by atoms with Gasteiger partial charge in [0.25, 0.3) is 0 Å². The summed E-state index contributed by atoms with van der Waals surface area (Å²) in [7, 11) is 0. The summed E-state index contributed by atoms with van der Waals surface area (Å²) in [6, 6.07) is 2.14. The van der Waals surface area contributed by atoms with E-state index in [9.17, 15) is 0 Å². The third kappa shape index (κ3) is 2.66. The second-order valence-electron chi connectivity index (χ2n) is 6.64. The van der Waals surface area contributed by atoms with Gasteiger partial charge in [0.05, 0.1) is 11.7 Å². The highest BCUT2D eigenvalue weighted by Crippen LogP contribution is 2.41. The van der Waals surface area contributed by atoms with E-state index in [4.69, 9.17) is 9.15 Å². The lowest BCUT2D eigenvalue weighted by Gasteiger charge is -2.45. The summed E-state index contributed by atoms with van der Waals surface area (Å²) in [6.45, 7) is 8.27. The number of nitrogens with one attached hydrogen (secondary N) is 1. The van der Waals surface area contributed by atoms with E-state index in [-0.39, 0.29) is 11.7 Å². The van der Waals surface area contributed by atoms with Gasteiger partial charge in [0, 0.05) is 18.7 Å². The predicted molar refractivity (Wildman–Crippen MR) is 79.9 cm³/mol. The molecule has 1 aliphatic heterocycles. The Balaban J connectivity index is 1.72. The van der Waals surface area contributed by atoms with E-state index in [1.165, 1.54) is 37.7 Å². The van der Waals surface area contributed by atoms with Gasteiger partial charge in [-0.2, -0.15) is 0 Å². The number of rotatable bonds is 2. The number of ether oxygens (including phenoxy) is 1. The molecule has 2 heterocycles. The van der Waals surface area contributed by atoms with E-state index in [1.54, 1.807) is 0 Å². The van der Waals surface area contributed by atoms with Crippen molar-refractivity contribution in [3.8, 4) is 0 Å². The number of aryl methyl sites for hydroxylation is 2. The Morgan fingerprint density at radius 3 is 2.65 bits per heavy atom. The van der Waals surface area contributed by atoms with Crippen LogP contribution in [0.4, 0.5) is 0 Å².